The topological polar surface area (TPSA) is 38.8 Å². The van der Waals surface area contributed by atoms with Crippen LogP contribution < -0.4 is 4.74 Å². The zero-order valence-corrected chi connectivity index (χ0v) is 14.5. The minimum Gasteiger partial charge on any atom is -0.487 e. The van der Waals surface area contributed by atoms with Crippen LogP contribution in [0, 0.1) is 0 Å². The second-order valence-electron chi connectivity index (χ2n) is 7.90. The second-order valence-corrected chi connectivity index (χ2v) is 7.90. The van der Waals surface area contributed by atoms with Gasteiger partial charge >= 0.3 is 6.09 Å². The molecule has 22 heavy (non-hydrogen) atoms. The molecule has 4 heteroatoms. The molecule has 0 aliphatic carbocycles. The van der Waals surface area contributed by atoms with Gasteiger partial charge in [0.15, 0.2) is 0 Å². The maximum absolute atomic E-state index is 11.9. The van der Waals surface area contributed by atoms with Crippen LogP contribution >= 0.6 is 0 Å². The zero-order chi connectivity index (χ0) is 16.5. The van der Waals surface area contributed by atoms with Gasteiger partial charge in [-0.1, -0.05) is 32.9 Å². The Bertz CT molecular complexity index is 534. The average molecular weight is 305 g/mol. The molecule has 0 N–H and O–H groups in total. The van der Waals surface area contributed by atoms with Gasteiger partial charge in [-0.25, -0.2) is 4.79 Å². The molecular weight excluding hydrogens is 278 g/mol. The van der Waals surface area contributed by atoms with E-state index in [1.807, 2.05) is 32.9 Å². The first-order valence-electron chi connectivity index (χ1n) is 7.80. The fourth-order valence-corrected chi connectivity index (χ4v) is 2.22. The number of hydrogen-bond donors (Lipinski definition) is 0. The van der Waals surface area contributed by atoms with E-state index in [1.165, 1.54) is 5.56 Å². The number of carbonyl (C=O) groups is 1. The number of benzene rings is 1. The zero-order valence-electron chi connectivity index (χ0n) is 14.5. The molecule has 0 unspecified atom stereocenters. The number of carbonyl (C=O) groups excluding carboxylic acids is 1. The molecule has 122 valence electrons. The molecule has 2 rings (SSSR count). The van der Waals surface area contributed by atoms with Crippen LogP contribution in [0.2, 0.25) is 0 Å². The van der Waals surface area contributed by atoms with Gasteiger partial charge in [0, 0.05) is 0 Å². The molecule has 1 aliphatic rings. The minimum atomic E-state index is -0.454. The van der Waals surface area contributed by atoms with Crippen LogP contribution in [0.4, 0.5) is 4.79 Å². The average Bonchev–Trinajstić information content (AvgIpc) is 2.30. The Kier molecular flexibility index (Phi) is 4.41. The largest absolute Gasteiger partial charge is 0.487 e. The van der Waals surface area contributed by atoms with Crippen LogP contribution in [0.1, 0.15) is 47.1 Å². The lowest BCUT2D eigenvalue weighted by Gasteiger charge is -2.39. The highest BCUT2D eigenvalue weighted by molar-refractivity contribution is 5.69. The summed E-state index contributed by atoms with van der Waals surface area (Å²) in [7, 11) is 0. The summed E-state index contributed by atoms with van der Waals surface area (Å²) in [4.78, 5) is 13.5. The molecule has 4 nitrogen and oxygen atoms in total. The third-order valence-electron chi connectivity index (χ3n) is 3.50. The van der Waals surface area contributed by atoms with Crippen LogP contribution in [-0.2, 0) is 10.2 Å². The first kappa shape index (κ1) is 16.7. The second kappa shape index (κ2) is 5.82. The first-order valence-corrected chi connectivity index (χ1v) is 7.80. The van der Waals surface area contributed by atoms with Gasteiger partial charge in [-0.15, -0.1) is 0 Å². The number of hydrogen-bond acceptors (Lipinski definition) is 3. The Morgan fingerprint density at radius 1 is 1.14 bits per heavy atom. The van der Waals surface area contributed by atoms with Gasteiger partial charge in [0.2, 0.25) is 0 Å². The van der Waals surface area contributed by atoms with Gasteiger partial charge in [0.05, 0.1) is 13.1 Å². The van der Waals surface area contributed by atoms with Gasteiger partial charge in [0.1, 0.15) is 17.5 Å². The van der Waals surface area contributed by atoms with E-state index in [0.717, 1.165) is 5.75 Å². The van der Waals surface area contributed by atoms with Crippen molar-refractivity contribution in [1.29, 1.82) is 0 Å². The van der Waals surface area contributed by atoms with E-state index in [2.05, 4.69) is 32.9 Å². The van der Waals surface area contributed by atoms with Crippen LogP contribution in [-0.4, -0.2) is 35.8 Å². The van der Waals surface area contributed by atoms with E-state index in [0.29, 0.717) is 13.1 Å². The quantitative estimate of drug-likeness (QED) is 0.829. The summed E-state index contributed by atoms with van der Waals surface area (Å²) >= 11 is 0. The van der Waals surface area contributed by atoms with E-state index >= 15 is 0 Å². The number of likely N-dealkylation sites (tertiary alicyclic amines) is 1. The number of amides is 1. The summed E-state index contributed by atoms with van der Waals surface area (Å²) in [5, 5.41) is 0. The SMILES string of the molecule is CC(C)(C)OC(=O)N1CC(Oc2cccc(C(C)(C)C)c2)C1. The molecule has 1 fully saturated rings. The number of rotatable bonds is 2. The molecular formula is C18H27NO3. The number of ether oxygens (including phenoxy) is 2. The van der Waals surface area contributed by atoms with E-state index in [9.17, 15) is 4.79 Å². The van der Waals surface area contributed by atoms with Crippen molar-refractivity contribution in [2.24, 2.45) is 0 Å². The summed E-state index contributed by atoms with van der Waals surface area (Å²) in [5.74, 6) is 0.862. The molecule has 0 spiro atoms. The van der Waals surface area contributed by atoms with Gasteiger partial charge in [-0.3, -0.25) is 0 Å². The molecule has 1 heterocycles. The van der Waals surface area contributed by atoms with Crippen LogP contribution in [0.15, 0.2) is 24.3 Å². The summed E-state index contributed by atoms with van der Waals surface area (Å²) in [6.07, 6.45) is -0.224. The Morgan fingerprint density at radius 2 is 1.77 bits per heavy atom. The van der Waals surface area contributed by atoms with Crippen molar-refractivity contribution in [1.82, 2.24) is 4.90 Å². The van der Waals surface area contributed by atoms with Crippen molar-refractivity contribution in [2.45, 2.75) is 58.7 Å². The molecule has 0 atom stereocenters. The lowest BCUT2D eigenvalue weighted by molar-refractivity contribution is -0.0221. The lowest BCUT2D eigenvalue weighted by Crippen LogP contribution is -2.57. The van der Waals surface area contributed by atoms with Crippen LogP contribution in [0.25, 0.3) is 0 Å². The molecule has 1 amide bonds. The highest BCUT2D eigenvalue weighted by atomic mass is 16.6. The van der Waals surface area contributed by atoms with Crippen molar-refractivity contribution in [2.75, 3.05) is 13.1 Å². The Hall–Kier alpha value is -1.71. The minimum absolute atomic E-state index is 0.0442. The molecule has 1 aromatic carbocycles. The molecule has 0 saturated carbocycles. The molecule has 0 radical (unpaired) electrons. The molecule has 0 bridgehead atoms. The van der Waals surface area contributed by atoms with Gasteiger partial charge < -0.3 is 14.4 Å². The van der Waals surface area contributed by atoms with Crippen LogP contribution in [0.5, 0.6) is 5.75 Å². The first-order chi connectivity index (χ1) is 10.0. The maximum Gasteiger partial charge on any atom is 0.410 e. The van der Waals surface area contributed by atoms with E-state index in [-0.39, 0.29) is 17.6 Å². The number of nitrogens with zero attached hydrogens (tertiary/aromatic N) is 1. The Balaban J connectivity index is 1.87. The van der Waals surface area contributed by atoms with E-state index < -0.39 is 5.60 Å². The van der Waals surface area contributed by atoms with Crippen molar-refractivity contribution < 1.29 is 14.3 Å². The highest BCUT2D eigenvalue weighted by Crippen LogP contribution is 2.27. The Labute approximate surface area is 133 Å². The fourth-order valence-electron chi connectivity index (χ4n) is 2.22. The van der Waals surface area contributed by atoms with Crippen molar-refractivity contribution >= 4 is 6.09 Å². The van der Waals surface area contributed by atoms with Gasteiger partial charge in [-0.2, -0.15) is 0 Å². The summed E-state index contributed by atoms with van der Waals surface area (Å²) < 4.78 is 11.3. The fraction of sp³-hybridized carbons (Fsp3) is 0.611. The smallest absolute Gasteiger partial charge is 0.410 e. The summed E-state index contributed by atoms with van der Waals surface area (Å²) in [6, 6.07) is 8.17. The van der Waals surface area contributed by atoms with Crippen LogP contribution in [0.3, 0.4) is 0 Å². The lowest BCUT2D eigenvalue weighted by atomic mass is 9.87. The van der Waals surface area contributed by atoms with Crippen molar-refractivity contribution in [3.8, 4) is 5.75 Å². The van der Waals surface area contributed by atoms with E-state index in [1.54, 1.807) is 4.90 Å². The van der Waals surface area contributed by atoms with Gasteiger partial charge in [-0.05, 0) is 43.9 Å². The maximum atomic E-state index is 11.9. The normalized spacial score (nSPS) is 16.2. The highest BCUT2D eigenvalue weighted by Gasteiger charge is 2.35. The summed E-state index contributed by atoms with van der Waals surface area (Å²) in [5.41, 5.74) is 0.888. The van der Waals surface area contributed by atoms with Crippen molar-refractivity contribution in [3.05, 3.63) is 29.8 Å². The molecule has 1 aromatic rings. The molecule has 0 aromatic heterocycles. The third kappa shape index (κ3) is 4.39. The van der Waals surface area contributed by atoms with E-state index in [4.69, 9.17) is 9.47 Å². The predicted octanol–water partition coefficient (Wildman–Crippen LogP) is 3.98. The molecule has 1 aliphatic heterocycles. The summed E-state index contributed by atoms with van der Waals surface area (Å²) in [6.45, 7) is 13.3. The molecule has 1 saturated heterocycles. The third-order valence-corrected chi connectivity index (χ3v) is 3.50. The standard InChI is InChI=1S/C18H27NO3/c1-17(2,3)13-8-7-9-14(10-13)21-15-11-19(12-15)16(20)22-18(4,5)6/h7-10,15H,11-12H2,1-6H3. The Morgan fingerprint density at radius 3 is 2.32 bits per heavy atom. The predicted molar refractivity (Wildman–Crippen MR) is 87.4 cm³/mol. The van der Waals surface area contributed by atoms with Crippen molar-refractivity contribution in [3.63, 3.8) is 0 Å². The van der Waals surface area contributed by atoms with Gasteiger partial charge in [0.25, 0.3) is 0 Å². The monoisotopic (exact) mass is 305 g/mol.